The first kappa shape index (κ1) is 25.1. The van der Waals surface area contributed by atoms with E-state index in [1.165, 1.54) is 0 Å². The third-order valence-electron chi connectivity index (χ3n) is 7.93. The predicted molar refractivity (Wildman–Crippen MR) is 112 cm³/mol. The van der Waals surface area contributed by atoms with Crippen LogP contribution < -0.4 is 0 Å². The van der Waals surface area contributed by atoms with Gasteiger partial charge in [-0.1, -0.05) is 0 Å². The second kappa shape index (κ2) is 8.47. The molecule has 5 rings (SSSR count). The van der Waals surface area contributed by atoms with Gasteiger partial charge in [-0.3, -0.25) is 4.79 Å². The van der Waals surface area contributed by atoms with E-state index in [1.807, 2.05) is 4.90 Å². The summed E-state index contributed by atoms with van der Waals surface area (Å²) in [5.74, 6) is 1.14. The highest BCUT2D eigenvalue weighted by atomic mass is 19.4. The number of alkyl halides is 6. The average Bonchev–Trinajstić information content (AvgIpc) is 3.74. The number of aromatic nitrogens is 2. The molecule has 0 N–H and O–H groups in total. The molecule has 13 heteroatoms. The van der Waals surface area contributed by atoms with E-state index in [9.17, 15) is 35.9 Å². The lowest BCUT2D eigenvalue weighted by molar-refractivity contribution is -0.308. The molecule has 0 aromatic carbocycles. The molecular weight excluding hydrogens is 494 g/mol. The summed E-state index contributed by atoms with van der Waals surface area (Å²) in [5.41, 5.74) is -0.515. The molecule has 1 aromatic rings. The van der Waals surface area contributed by atoms with E-state index in [0.29, 0.717) is 31.7 Å². The van der Waals surface area contributed by atoms with Gasteiger partial charge < -0.3 is 14.5 Å². The zero-order valence-corrected chi connectivity index (χ0v) is 19.4. The molecule has 0 atom stereocenters. The smallest absolute Gasteiger partial charge is 0.426 e. The lowest BCUT2D eigenvalue weighted by atomic mass is 9.83. The fourth-order valence-corrected chi connectivity index (χ4v) is 5.52. The van der Waals surface area contributed by atoms with E-state index in [0.717, 1.165) is 35.6 Å². The molecule has 2 saturated heterocycles. The Bertz CT molecular complexity index is 998. The second-order valence-electron chi connectivity index (χ2n) is 10.3. The van der Waals surface area contributed by atoms with Gasteiger partial charge in [0.25, 0.3) is 6.10 Å². The van der Waals surface area contributed by atoms with Gasteiger partial charge >= 0.3 is 18.4 Å². The Morgan fingerprint density at radius 3 is 2.00 bits per heavy atom. The van der Waals surface area contributed by atoms with Crippen LogP contribution in [0.5, 0.6) is 0 Å². The van der Waals surface area contributed by atoms with Gasteiger partial charge in [-0.15, -0.1) is 0 Å². The number of carbonyl (C=O) groups excluding carboxylic acids is 2. The van der Waals surface area contributed by atoms with E-state index in [-0.39, 0.29) is 31.8 Å². The highest BCUT2D eigenvalue weighted by Gasteiger charge is 2.61. The Morgan fingerprint density at radius 1 is 0.917 bits per heavy atom. The highest BCUT2D eigenvalue weighted by Crippen LogP contribution is 2.52. The van der Waals surface area contributed by atoms with Crippen molar-refractivity contribution < 1.29 is 40.7 Å². The summed E-state index contributed by atoms with van der Waals surface area (Å²) < 4.78 is 80.5. The van der Waals surface area contributed by atoms with Crippen LogP contribution in [-0.2, 0) is 14.9 Å². The largest absolute Gasteiger partial charge is 0.434 e. The van der Waals surface area contributed by atoms with Gasteiger partial charge in [0.15, 0.2) is 0 Å². The molecule has 2 aliphatic carbocycles. The Kier molecular flexibility index (Phi) is 5.90. The lowest BCUT2D eigenvalue weighted by Crippen LogP contribution is -2.57. The number of halogens is 6. The Hall–Kier alpha value is -2.60. The number of likely N-dealkylation sites (tertiary alicyclic amines) is 2. The molecule has 0 unspecified atom stereocenters. The van der Waals surface area contributed by atoms with E-state index in [4.69, 9.17) is 0 Å². The third kappa shape index (κ3) is 4.49. The third-order valence-corrected chi connectivity index (χ3v) is 7.93. The summed E-state index contributed by atoms with van der Waals surface area (Å²) in [6.07, 6.45) is -8.56. The summed E-state index contributed by atoms with van der Waals surface area (Å²) in [7, 11) is 0. The molecule has 2 amide bonds. The first-order valence-corrected chi connectivity index (χ1v) is 12.1. The molecule has 198 valence electrons. The number of hydrogen-bond acceptors (Lipinski definition) is 5. The van der Waals surface area contributed by atoms with Gasteiger partial charge in [0.1, 0.15) is 5.82 Å². The maximum Gasteiger partial charge on any atom is 0.434 e. The molecule has 2 saturated carbocycles. The van der Waals surface area contributed by atoms with Gasteiger partial charge in [-0.25, -0.2) is 14.8 Å². The minimum absolute atomic E-state index is 0.0481. The van der Waals surface area contributed by atoms with Gasteiger partial charge in [0.05, 0.1) is 5.41 Å². The number of piperidine rings is 1. The van der Waals surface area contributed by atoms with E-state index in [1.54, 1.807) is 12.4 Å². The van der Waals surface area contributed by atoms with Crippen molar-refractivity contribution >= 4 is 12.0 Å². The maximum atomic E-state index is 13.7. The average molecular weight is 520 g/mol. The normalized spacial score (nSPS) is 23.3. The number of carbonyl (C=O) groups is 2. The molecule has 1 spiro atoms. The molecule has 7 nitrogen and oxygen atoms in total. The molecule has 36 heavy (non-hydrogen) atoms. The summed E-state index contributed by atoms with van der Waals surface area (Å²) in [6, 6.07) is 0. The highest BCUT2D eigenvalue weighted by molar-refractivity contribution is 5.92. The van der Waals surface area contributed by atoms with Crippen LogP contribution in [0, 0.1) is 0 Å². The minimum atomic E-state index is -5.77. The van der Waals surface area contributed by atoms with Crippen molar-refractivity contribution in [1.29, 1.82) is 0 Å². The maximum absolute atomic E-state index is 13.7. The second-order valence-corrected chi connectivity index (χ2v) is 10.3. The van der Waals surface area contributed by atoms with Crippen molar-refractivity contribution in [2.45, 2.75) is 86.7 Å². The molecule has 0 bridgehead atoms. The van der Waals surface area contributed by atoms with Gasteiger partial charge in [0.2, 0.25) is 5.91 Å². The van der Waals surface area contributed by atoms with Crippen LogP contribution >= 0.6 is 0 Å². The summed E-state index contributed by atoms with van der Waals surface area (Å²) in [6.45, 7) is 0.310. The quantitative estimate of drug-likeness (QED) is 0.548. The first-order chi connectivity index (χ1) is 16.9. The van der Waals surface area contributed by atoms with E-state index < -0.39 is 35.5 Å². The van der Waals surface area contributed by atoms with Gasteiger partial charge in [-0.05, 0) is 51.4 Å². The van der Waals surface area contributed by atoms with Crippen LogP contribution in [0.4, 0.5) is 31.1 Å². The molecule has 0 radical (unpaired) electrons. The Balaban J connectivity index is 1.25. The van der Waals surface area contributed by atoms with Crippen molar-refractivity contribution in [3.63, 3.8) is 0 Å². The molecule has 4 fully saturated rings. The van der Waals surface area contributed by atoms with Crippen LogP contribution in [0.15, 0.2) is 12.4 Å². The number of nitrogens with zero attached hydrogens (tertiary/aromatic N) is 4. The standard InChI is InChI=1S/C23H26F6N4O3/c24-22(25,26)17(23(27,28)29)36-19(35)32-10-7-20(8-11-32)4-1-9-33(20)18(34)21(5-6-21)15-12-30-16(31-13-15)14-2-3-14/h12-14,17H,1-11H2. The molecule has 1 aromatic heterocycles. The predicted octanol–water partition coefficient (Wildman–Crippen LogP) is 4.47. The molecule has 3 heterocycles. The summed E-state index contributed by atoms with van der Waals surface area (Å²) in [4.78, 5) is 37.5. The van der Waals surface area contributed by atoms with Crippen LogP contribution in [0.1, 0.15) is 68.7 Å². The zero-order valence-electron chi connectivity index (χ0n) is 19.4. The SMILES string of the molecule is O=C(OC(C(F)(F)F)C(F)(F)F)N1CCC2(CCCN2C(=O)C2(c3cnc(C4CC4)nc3)CC2)CC1. The zero-order chi connectivity index (χ0) is 25.9. The van der Waals surface area contributed by atoms with Crippen molar-refractivity contribution in [3.8, 4) is 0 Å². The molecule has 4 aliphatic rings. The molecule has 2 aliphatic heterocycles. The fraction of sp³-hybridized carbons (Fsp3) is 0.739. The van der Waals surface area contributed by atoms with Crippen LogP contribution in [0.3, 0.4) is 0 Å². The minimum Gasteiger partial charge on any atom is -0.426 e. The van der Waals surface area contributed by atoms with E-state index in [2.05, 4.69) is 14.7 Å². The van der Waals surface area contributed by atoms with Crippen molar-refractivity contribution in [3.05, 3.63) is 23.8 Å². The number of rotatable bonds is 4. The molecular formula is C23H26F6N4O3. The van der Waals surface area contributed by atoms with Crippen LogP contribution in [-0.4, -0.2) is 75.4 Å². The number of hydrogen-bond donors (Lipinski definition) is 0. The van der Waals surface area contributed by atoms with Crippen molar-refractivity contribution in [1.82, 2.24) is 19.8 Å². The Morgan fingerprint density at radius 2 is 1.50 bits per heavy atom. The van der Waals surface area contributed by atoms with Gasteiger partial charge in [-0.2, -0.15) is 26.3 Å². The van der Waals surface area contributed by atoms with Crippen LogP contribution in [0.25, 0.3) is 0 Å². The monoisotopic (exact) mass is 520 g/mol. The van der Waals surface area contributed by atoms with Gasteiger partial charge in [0, 0.05) is 49.0 Å². The van der Waals surface area contributed by atoms with Crippen molar-refractivity contribution in [2.75, 3.05) is 19.6 Å². The lowest BCUT2D eigenvalue weighted by Gasteiger charge is -2.46. The van der Waals surface area contributed by atoms with E-state index >= 15 is 0 Å². The van der Waals surface area contributed by atoms with Crippen molar-refractivity contribution in [2.24, 2.45) is 0 Å². The summed E-state index contributed by atoms with van der Waals surface area (Å²) in [5, 5.41) is 0. The Labute approximate surface area is 203 Å². The first-order valence-electron chi connectivity index (χ1n) is 12.1. The summed E-state index contributed by atoms with van der Waals surface area (Å²) >= 11 is 0. The van der Waals surface area contributed by atoms with Crippen LogP contribution in [0.2, 0.25) is 0 Å². The fourth-order valence-electron chi connectivity index (χ4n) is 5.52. The topological polar surface area (TPSA) is 75.6 Å². The number of ether oxygens (including phenoxy) is 1. The number of amides is 2.